The van der Waals surface area contributed by atoms with E-state index in [0.29, 0.717) is 0 Å². The van der Waals surface area contributed by atoms with Gasteiger partial charge in [0.1, 0.15) is 0 Å². The van der Waals surface area contributed by atoms with Crippen molar-refractivity contribution >= 4 is 92.0 Å². The second-order valence-electron chi connectivity index (χ2n) is 8.73. The molecular formula is C28H17OPS3. The molecule has 4 heterocycles. The highest BCUT2D eigenvalue weighted by Gasteiger charge is 2.46. The fraction of sp³-hybridized carbons (Fsp3) is 0.0714. The van der Waals surface area contributed by atoms with Gasteiger partial charge in [0.25, 0.3) is 0 Å². The third-order valence-corrected chi connectivity index (χ3v) is 14.8. The van der Waals surface area contributed by atoms with E-state index in [1.807, 2.05) is 11.3 Å². The van der Waals surface area contributed by atoms with Gasteiger partial charge in [0.15, 0.2) is 7.14 Å². The van der Waals surface area contributed by atoms with Crippen LogP contribution in [0.1, 0.15) is 16.9 Å². The molecule has 0 saturated carbocycles. The molecule has 158 valence electrons. The van der Waals surface area contributed by atoms with Crippen molar-refractivity contribution in [2.75, 3.05) is 0 Å². The van der Waals surface area contributed by atoms with Crippen molar-refractivity contribution in [2.45, 2.75) is 12.8 Å². The van der Waals surface area contributed by atoms with Gasteiger partial charge in [0.05, 0.1) is 9.24 Å². The molecule has 0 amide bonds. The van der Waals surface area contributed by atoms with E-state index in [2.05, 4.69) is 78.9 Å². The minimum absolute atomic E-state index is 0.979. The molecule has 0 bridgehead atoms. The van der Waals surface area contributed by atoms with Crippen LogP contribution in [-0.4, -0.2) is 0 Å². The summed E-state index contributed by atoms with van der Waals surface area (Å²) in [5, 5.41) is 4.71. The lowest BCUT2D eigenvalue weighted by Crippen LogP contribution is -2.17. The first kappa shape index (κ1) is 18.9. The standard InChI is InChI=1S/C28H17OPS3/c29-30(16-13-14-24-20(15-16)17-7-1-4-10-21(17)31-24)27-25(18-8-2-5-11-22(18)32-27)26-19-9-3-6-12-23(19)33-28(26)30/h1-5,7-11,13-15H,6,12H2. The maximum Gasteiger partial charge on any atom is 0.191 e. The first-order chi connectivity index (χ1) is 16.2. The van der Waals surface area contributed by atoms with Gasteiger partial charge in [-0.25, -0.2) is 0 Å². The van der Waals surface area contributed by atoms with Crippen LogP contribution in [0.5, 0.6) is 0 Å². The van der Waals surface area contributed by atoms with Crippen molar-refractivity contribution < 1.29 is 4.57 Å². The average molecular weight is 497 g/mol. The quantitative estimate of drug-likeness (QED) is 0.211. The van der Waals surface area contributed by atoms with E-state index < -0.39 is 7.14 Å². The zero-order valence-corrected chi connectivity index (χ0v) is 20.8. The molecule has 5 heteroatoms. The van der Waals surface area contributed by atoms with E-state index in [-0.39, 0.29) is 0 Å². The van der Waals surface area contributed by atoms with Gasteiger partial charge in [-0.05, 0) is 48.7 Å². The van der Waals surface area contributed by atoms with Gasteiger partial charge in [-0.3, -0.25) is 0 Å². The summed E-state index contributed by atoms with van der Waals surface area (Å²) in [4.78, 5) is 1.39. The molecule has 0 N–H and O–H groups in total. The van der Waals surface area contributed by atoms with Gasteiger partial charge < -0.3 is 4.57 Å². The Kier molecular flexibility index (Phi) is 3.75. The summed E-state index contributed by atoms with van der Waals surface area (Å²) in [5.41, 5.74) is 3.79. The van der Waals surface area contributed by atoms with Crippen LogP contribution in [-0.2, 0) is 11.0 Å². The molecule has 1 aliphatic carbocycles. The number of rotatable bonds is 1. The fourth-order valence-electron chi connectivity index (χ4n) is 5.45. The second-order valence-corrected chi connectivity index (χ2v) is 15.2. The molecule has 1 atom stereocenters. The molecule has 0 radical (unpaired) electrons. The number of benzene rings is 3. The summed E-state index contributed by atoms with van der Waals surface area (Å²) in [7, 11) is -2.93. The number of hydrogen-bond donors (Lipinski definition) is 0. The van der Waals surface area contributed by atoms with E-state index in [1.165, 1.54) is 51.8 Å². The van der Waals surface area contributed by atoms with Gasteiger partial charge in [-0.15, -0.1) is 34.0 Å². The molecule has 8 rings (SSSR count). The first-order valence-corrected chi connectivity index (χ1v) is 15.3. The Morgan fingerprint density at radius 3 is 2.30 bits per heavy atom. The number of hydrogen-bond acceptors (Lipinski definition) is 4. The third kappa shape index (κ3) is 2.35. The zero-order chi connectivity index (χ0) is 21.7. The minimum Gasteiger partial charge on any atom is -0.307 e. The largest absolute Gasteiger partial charge is 0.307 e. The van der Waals surface area contributed by atoms with E-state index in [0.717, 1.165) is 27.4 Å². The summed E-state index contributed by atoms with van der Waals surface area (Å²) in [6, 6.07) is 23.7. The van der Waals surface area contributed by atoms with Crippen LogP contribution in [0.25, 0.3) is 47.5 Å². The summed E-state index contributed by atoms with van der Waals surface area (Å²) in [6.07, 6.45) is 6.67. The molecule has 0 saturated heterocycles. The van der Waals surface area contributed by atoms with Crippen LogP contribution in [0.15, 0.2) is 72.8 Å². The smallest absolute Gasteiger partial charge is 0.191 e. The van der Waals surface area contributed by atoms with Gasteiger partial charge in [-0.2, -0.15) is 0 Å². The highest BCUT2D eigenvalue weighted by Crippen LogP contribution is 2.60. The Labute approximate surface area is 203 Å². The second kappa shape index (κ2) is 6.55. The first-order valence-electron chi connectivity index (χ1n) is 11.1. The molecule has 1 aliphatic heterocycles. The monoisotopic (exact) mass is 496 g/mol. The van der Waals surface area contributed by atoms with Crippen molar-refractivity contribution in [1.29, 1.82) is 0 Å². The van der Waals surface area contributed by atoms with Crippen molar-refractivity contribution in [1.82, 2.24) is 0 Å². The van der Waals surface area contributed by atoms with E-state index in [9.17, 15) is 0 Å². The molecular weight excluding hydrogens is 479 g/mol. The Morgan fingerprint density at radius 2 is 1.42 bits per heavy atom. The normalized spacial score (nSPS) is 18.8. The average Bonchev–Trinajstić information content (AvgIpc) is 3.58. The lowest BCUT2D eigenvalue weighted by atomic mass is 9.98. The van der Waals surface area contributed by atoms with Crippen LogP contribution >= 0.6 is 41.2 Å². The number of thiophene rings is 3. The summed E-state index contributed by atoms with van der Waals surface area (Å²) in [5.74, 6) is 0. The minimum atomic E-state index is -2.93. The Balaban J connectivity index is 1.50. The van der Waals surface area contributed by atoms with E-state index in [1.54, 1.807) is 22.7 Å². The third-order valence-electron chi connectivity index (χ3n) is 6.95. The zero-order valence-electron chi connectivity index (χ0n) is 17.5. The topological polar surface area (TPSA) is 17.1 Å². The molecule has 0 spiro atoms. The predicted molar refractivity (Wildman–Crippen MR) is 148 cm³/mol. The van der Waals surface area contributed by atoms with E-state index in [4.69, 9.17) is 0 Å². The molecule has 0 fully saturated rings. The van der Waals surface area contributed by atoms with Crippen molar-refractivity contribution in [3.05, 3.63) is 83.2 Å². The Bertz CT molecular complexity index is 1860. The van der Waals surface area contributed by atoms with Crippen molar-refractivity contribution in [3.8, 4) is 11.1 Å². The van der Waals surface area contributed by atoms with Crippen LogP contribution in [0.2, 0.25) is 0 Å². The van der Waals surface area contributed by atoms with Crippen molar-refractivity contribution in [2.24, 2.45) is 0 Å². The number of aryl methyl sites for hydroxylation is 1. The predicted octanol–water partition coefficient (Wildman–Crippen LogP) is 7.91. The molecule has 3 aromatic carbocycles. The lowest BCUT2D eigenvalue weighted by molar-refractivity contribution is 0.593. The maximum atomic E-state index is 15.3. The number of allylic oxidation sites excluding steroid dienone is 1. The van der Waals surface area contributed by atoms with Gasteiger partial charge in [0.2, 0.25) is 0 Å². The van der Waals surface area contributed by atoms with Crippen molar-refractivity contribution in [3.63, 3.8) is 0 Å². The Hall–Kier alpha value is -2.49. The molecule has 33 heavy (non-hydrogen) atoms. The van der Waals surface area contributed by atoms with Gasteiger partial charge >= 0.3 is 0 Å². The molecule has 3 aromatic heterocycles. The summed E-state index contributed by atoms with van der Waals surface area (Å²) < 4.78 is 21.3. The SMILES string of the molecule is O=P1(c2ccc3sc4ccccc4c3c2)c2sc3c(c2-c2c1sc1ccccc21)C=CCC3. The maximum absolute atomic E-state index is 15.3. The van der Waals surface area contributed by atoms with Crippen LogP contribution < -0.4 is 14.5 Å². The fourth-order valence-corrected chi connectivity index (χ4v) is 13.9. The van der Waals surface area contributed by atoms with Gasteiger partial charge in [0, 0.05) is 51.6 Å². The molecule has 6 aromatic rings. The van der Waals surface area contributed by atoms with Crippen LogP contribution in [0, 0.1) is 0 Å². The van der Waals surface area contributed by atoms with E-state index >= 15 is 4.57 Å². The van der Waals surface area contributed by atoms with Crippen LogP contribution in [0.4, 0.5) is 0 Å². The summed E-state index contributed by atoms with van der Waals surface area (Å²) >= 11 is 5.35. The Morgan fingerprint density at radius 1 is 0.697 bits per heavy atom. The summed E-state index contributed by atoms with van der Waals surface area (Å²) in [6.45, 7) is 0. The lowest BCUT2D eigenvalue weighted by Gasteiger charge is -2.13. The molecule has 2 aliphatic rings. The molecule has 1 unspecified atom stereocenters. The van der Waals surface area contributed by atoms with Gasteiger partial charge in [-0.1, -0.05) is 48.6 Å². The highest BCUT2D eigenvalue weighted by atomic mass is 32.1. The highest BCUT2D eigenvalue weighted by molar-refractivity contribution is 7.94. The number of fused-ring (bicyclic) bond motifs is 10. The van der Waals surface area contributed by atoms with Crippen LogP contribution in [0.3, 0.4) is 0 Å². The molecule has 1 nitrogen and oxygen atoms in total.